The van der Waals surface area contributed by atoms with Crippen molar-refractivity contribution in [2.24, 2.45) is 23.7 Å². The van der Waals surface area contributed by atoms with Gasteiger partial charge in [0.15, 0.2) is 0 Å². The molecular formula is C105H98Cl8F9N9O10. The lowest BCUT2D eigenvalue weighted by Gasteiger charge is -2.32. The lowest BCUT2D eigenvalue weighted by Crippen LogP contribution is -2.39. The summed E-state index contributed by atoms with van der Waals surface area (Å²) in [6, 6.07) is 24.8. The first kappa shape index (κ1) is 105. The summed E-state index contributed by atoms with van der Waals surface area (Å²) in [6.07, 6.45) is 10.5. The molecule has 18 rings (SSSR count). The van der Waals surface area contributed by atoms with Gasteiger partial charge in [-0.25, -0.2) is 18.2 Å². The minimum atomic E-state index is -4.67. The Balaban J connectivity index is 0.000000142. The van der Waals surface area contributed by atoms with Gasteiger partial charge in [-0.15, -0.1) is 0 Å². The molecule has 141 heavy (non-hydrogen) atoms. The van der Waals surface area contributed by atoms with Gasteiger partial charge in [0.05, 0.1) is 105 Å². The van der Waals surface area contributed by atoms with Crippen LogP contribution in [0.5, 0.6) is 0 Å². The highest BCUT2D eigenvalue weighted by atomic mass is 35.5. The number of ketones is 4. The summed E-state index contributed by atoms with van der Waals surface area (Å²) in [5.41, 5.74) is 3.29. The molecule has 0 atom stereocenters. The molecule has 4 saturated heterocycles. The van der Waals surface area contributed by atoms with E-state index < -0.39 is 52.8 Å². The van der Waals surface area contributed by atoms with Gasteiger partial charge in [0.2, 0.25) is 0 Å². The maximum atomic E-state index is 15.0. The lowest BCUT2D eigenvalue weighted by atomic mass is 9.91. The number of carbonyl (C=O) groups is 10. The van der Waals surface area contributed by atoms with Crippen molar-refractivity contribution >= 4 is 195 Å². The quantitative estimate of drug-likeness (QED) is 0.0516. The molecule has 0 spiro atoms. The summed E-state index contributed by atoms with van der Waals surface area (Å²) < 4.78 is 130. The molecule has 6 aliphatic rings. The number of benzene rings is 7. The molecule has 19 nitrogen and oxygen atoms in total. The van der Waals surface area contributed by atoms with Crippen LogP contribution in [0.1, 0.15) is 249 Å². The second kappa shape index (κ2) is 43.5. The Morgan fingerprint density at radius 3 is 1.11 bits per heavy atom. The highest BCUT2D eigenvalue weighted by Gasteiger charge is 2.39. The molecule has 5 aromatic heterocycles. The van der Waals surface area contributed by atoms with Gasteiger partial charge in [0.1, 0.15) is 45.7 Å². The van der Waals surface area contributed by atoms with E-state index in [1.807, 2.05) is 18.3 Å². The number of aromatic nitrogens is 5. The number of amides is 4. The molecule has 742 valence electrons. The number of hydrogen-bond acceptors (Lipinski definition) is 11. The molecule has 2 saturated carbocycles. The number of aryl methyl sites for hydroxylation is 2. The molecule has 6 fully saturated rings. The van der Waals surface area contributed by atoms with Crippen molar-refractivity contribution in [3.8, 4) is 0 Å². The third kappa shape index (κ3) is 23.6. The number of likely N-dealkylation sites (tertiary alicyclic amines) is 4. The maximum Gasteiger partial charge on any atom is 0.416 e. The van der Waals surface area contributed by atoms with Gasteiger partial charge in [-0.3, -0.25) is 37.9 Å². The topological polar surface area (TPSA) is 216 Å². The summed E-state index contributed by atoms with van der Waals surface area (Å²) in [7, 11) is 0. The third-order valence-corrected chi connectivity index (χ3v) is 30.2. The first-order chi connectivity index (χ1) is 66.8. The van der Waals surface area contributed by atoms with E-state index in [9.17, 15) is 78.7 Å². The predicted molar refractivity (Wildman–Crippen MR) is 528 cm³/mol. The number of pyridine rings is 1. The summed E-state index contributed by atoms with van der Waals surface area (Å²) in [5, 5.41) is 2.60. The van der Waals surface area contributed by atoms with Gasteiger partial charge >= 0.3 is 12.4 Å². The van der Waals surface area contributed by atoms with Crippen molar-refractivity contribution in [3.05, 3.63) is 270 Å². The molecule has 4 amide bonds. The van der Waals surface area contributed by atoms with Crippen LogP contribution in [-0.2, 0) is 44.6 Å². The van der Waals surface area contributed by atoms with Crippen molar-refractivity contribution in [1.29, 1.82) is 0 Å². The van der Waals surface area contributed by atoms with Gasteiger partial charge in [-0.2, -0.15) is 26.3 Å². The van der Waals surface area contributed by atoms with E-state index in [0.29, 0.717) is 158 Å². The van der Waals surface area contributed by atoms with E-state index in [0.717, 1.165) is 98.9 Å². The number of halogens is 17. The average molecular weight is 2100 g/mol. The van der Waals surface area contributed by atoms with Crippen LogP contribution in [0.3, 0.4) is 0 Å². The van der Waals surface area contributed by atoms with Gasteiger partial charge < -0.3 is 47.9 Å². The van der Waals surface area contributed by atoms with Crippen LogP contribution < -0.4 is 0 Å². The highest BCUT2D eigenvalue weighted by molar-refractivity contribution is 6.43. The number of Topliss-reactive ketones (excluding diaryl/α,β-unsaturated/α-hetero) is 4. The minimum Gasteiger partial charge on any atom is -0.341 e. The lowest BCUT2D eigenvalue weighted by molar-refractivity contribution is -0.138. The highest BCUT2D eigenvalue weighted by Crippen LogP contribution is 2.47. The van der Waals surface area contributed by atoms with Crippen molar-refractivity contribution in [2.75, 3.05) is 52.4 Å². The fraction of sp³-hybridized carbons (Fsp3) is 0.381. The monoisotopic (exact) mass is 2100 g/mol. The number of fused-ring (bicyclic) bond motifs is 4. The minimum absolute atomic E-state index is 0.00342. The first-order valence-electron chi connectivity index (χ1n) is 46.4. The Hall–Kier alpha value is -10.6. The fourth-order valence-corrected chi connectivity index (χ4v) is 21.9. The molecule has 2 aliphatic carbocycles. The number of carbonyl (C=O) groups excluding carboxylic acids is 10. The Morgan fingerprint density at radius 1 is 0.355 bits per heavy atom. The zero-order valence-corrected chi connectivity index (χ0v) is 83.6. The Labute approximate surface area is 846 Å². The van der Waals surface area contributed by atoms with E-state index in [2.05, 4.69) is 11.1 Å². The van der Waals surface area contributed by atoms with Crippen LogP contribution in [0.15, 0.2) is 134 Å². The molecule has 0 bridgehead atoms. The van der Waals surface area contributed by atoms with E-state index in [-0.39, 0.29) is 168 Å². The normalized spacial score (nSPS) is 15.9. The summed E-state index contributed by atoms with van der Waals surface area (Å²) >= 11 is 51.9. The van der Waals surface area contributed by atoms with Crippen LogP contribution in [0, 0.1) is 55.0 Å². The second-order valence-electron chi connectivity index (χ2n) is 37.7. The fourth-order valence-electron chi connectivity index (χ4n) is 19.6. The number of alkyl halides is 6. The SMILES string of the molecule is CC(=O)CC1CCN(C(=O)c2ccc(Cl)c(C(=O)n3ccc4cc(C5CC5)cc(F)c43)c2Cl)CC1.CC(=O)CC1CCN(C(=O)c2ccc(Cl)c(Cn3ccc4cc(C(F)(F)F)cc(F)c43)c2Cl)CC1.CC(=O)CC1CCN(C(=O)c2ccc(Cl)c(Cn3ccc4cc(C5CC5)cc(F)c43)c2Cl)CC1.CC(=O)CC1CCN(C(=O)c2cnc(Cl)c(C(=O)n3cc(C)c4cc(C(F)(F)F)cc(C)c43)c2Cl)CC1. The molecule has 4 aliphatic heterocycles. The Bertz CT molecular complexity index is 6990. The average Bonchev–Trinajstić information content (AvgIpc) is 1.63. The summed E-state index contributed by atoms with van der Waals surface area (Å²) in [5.74, 6) is -1.68. The van der Waals surface area contributed by atoms with Crippen molar-refractivity contribution < 1.29 is 87.5 Å². The Morgan fingerprint density at radius 2 is 0.702 bits per heavy atom. The molecule has 9 heterocycles. The number of hydrogen-bond donors (Lipinski definition) is 0. The third-order valence-electron chi connectivity index (χ3n) is 27.2. The second-order valence-corrected chi connectivity index (χ2v) is 40.7. The van der Waals surface area contributed by atoms with Gasteiger partial charge in [0, 0.05) is 152 Å². The van der Waals surface area contributed by atoms with Gasteiger partial charge in [-0.1, -0.05) is 92.8 Å². The van der Waals surface area contributed by atoms with Crippen LogP contribution in [-0.4, -0.2) is 154 Å². The summed E-state index contributed by atoms with van der Waals surface area (Å²) in [6.45, 7) is 13.7. The molecular weight excluding hydrogens is 2000 g/mol. The van der Waals surface area contributed by atoms with E-state index in [1.165, 1.54) is 81.8 Å². The number of rotatable bonds is 20. The number of piperidine rings is 4. The molecule has 0 N–H and O–H groups in total. The molecule has 7 aromatic carbocycles. The van der Waals surface area contributed by atoms with Crippen LogP contribution in [0.2, 0.25) is 40.3 Å². The van der Waals surface area contributed by atoms with E-state index in [1.54, 1.807) is 83.1 Å². The largest absolute Gasteiger partial charge is 0.416 e. The van der Waals surface area contributed by atoms with Gasteiger partial charge in [-0.05, 0) is 279 Å². The molecule has 36 heteroatoms. The Kier molecular flexibility index (Phi) is 32.4. The van der Waals surface area contributed by atoms with Gasteiger partial charge in [0.25, 0.3) is 35.4 Å². The van der Waals surface area contributed by atoms with Crippen molar-refractivity contribution in [1.82, 2.24) is 42.9 Å². The van der Waals surface area contributed by atoms with Crippen molar-refractivity contribution in [3.63, 3.8) is 0 Å². The van der Waals surface area contributed by atoms with E-state index in [4.69, 9.17) is 92.8 Å². The smallest absolute Gasteiger partial charge is 0.341 e. The maximum absolute atomic E-state index is 15.0. The number of nitrogens with zero attached hydrogens (tertiary/aromatic N) is 9. The zero-order valence-electron chi connectivity index (χ0n) is 77.6. The first-order valence-corrected chi connectivity index (χ1v) is 49.5. The van der Waals surface area contributed by atoms with Crippen LogP contribution in [0.4, 0.5) is 39.5 Å². The van der Waals surface area contributed by atoms with Crippen LogP contribution >= 0.6 is 92.8 Å². The van der Waals surface area contributed by atoms with Crippen LogP contribution in [0.25, 0.3) is 43.6 Å². The predicted octanol–water partition coefficient (Wildman–Crippen LogP) is 26.8. The molecule has 0 radical (unpaired) electrons. The molecule has 0 unspecified atom stereocenters. The van der Waals surface area contributed by atoms with E-state index >= 15 is 8.78 Å². The zero-order chi connectivity index (χ0) is 102. The van der Waals surface area contributed by atoms with Crippen molar-refractivity contribution in [2.45, 2.75) is 182 Å². The summed E-state index contributed by atoms with van der Waals surface area (Å²) in [4.78, 5) is 136. The standard InChI is InChI=1S/C27H25Cl2FN2O3.C27H27Cl2FN2O2.C26H24Cl2F3N3O3.C25H22Cl2F4N2O2/c1-15(33)12-16-6-9-31(10-7-16)26(34)20-4-5-21(28)23(24(20)29)27(35)32-11-8-18-13-19(17-2-3-17)14-22(30)25(18)32;1-16(33)12-17-6-9-31(10-7-17)27(34)21-4-5-23(28)22(25(21)29)15-32-11-8-19-13-20(18-2-3-18)14-24(30)26(19)32;1-13-8-17(26(29,30)31)10-18-14(2)12-34(22(13)18)25(37)20-21(27)19(11-32-23(20)28)24(36)33-6-4-16(5-7-33)9-15(3)35;1-14(34)10-15-4-7-32(8-5-15)24(35)18-2-3-20(26)19(22(18)27)13-33-9-6-16-11-17(25(29,30)31)12-21(28)23(16)33/h4-5,8,11,13-14,16-17H,2-3,6-7,9-10,12H2,1H3;4-5,8,11,13-14,17-18H,2-3,6-7,9-10,12,15H2,1H3;8,10-12,16H,4-7,9H2,1-3H3;2-3,6,9,11-12,15H,4-5,7-8,10,13H2,1H3. The molecule has 12 aromatic rings.